The molecule has 3 rings (SSSR count). The predicted octanol–water partition coefficient (Wildman–Crippen LogP) is 3.63. The van der Waals surface area contributed by atoms with Crippen LogP contribution < -0.4 is 15.4 Å². The molecule has 138 valence electrons. The zero-order valence-corrected chi connectivity index (χ0v) is 14.5. The molecule has 26 heavy (non-hydrogen) atoms. The summed E-state index contributed by atoms with van der Waals surface area (Å²) < 4.78 is 29.1. The minimum Gasteiger partial charge on any atom is -0.435 e. The molecule has 0 heterocycles. The van der Waals surface area contributed by atoms with E-state index in [1.165, 1.54) is 12.1 Å². The first kappa shape index (κ1) is 18.3. The van der Waals surface area contributed by atoms with E-state index in [2.05, 4.69) is 15.4 Å². The van der Waals surface area contributed by atoms with Gasteiger partial charge in [-0.05, 0) is 43.0 Å². The molecule has 1 fully saturated rings. The van der Waals surface area contributed by atoms with Gasteiger partial charge in [0.15, 0.2) is 0 Å². The van der Waals surface area contributed by atoms with Crippen molar-refractivity contribution in [3.8, 4) is 5.75 Å². The minimum absolute atomic E-state index is 0.0360. The second kappa shape index (κ2) is 8.27. The molecule has 1 amide bonds. The average molecular weight is 360 g/mol. The highest BCUT2D eigenvalue weighted by atomic mass is 19.3. The van der Waals surface area contributed by atoms with Gasteiger partial charge in [0.25, 0.3) is 0 Å². The standard InChI is InChI=1S/C20H22F2N2O2/c1-13(19(25)24-16-9-10-16)23-18(14-5-3-2-4-6-14)15-7-11-17(12-8-15)26-20(21)22/h2-8,11-13,16,18,20,23H,9-10H2,1H3,(H,24,25)/t13-,18+/m1/s1. The van der Waals surface area contributed by atoms with Crippen LogP contribution in [0, 0.1) is 0 Å². The quantitative estimate of drug-likeness (QED) is 0.756. The van der Waals surface area contributed by atoms with Crippen LogP contribution in [0.3, 0.4) is 0 Å². The summed E-state index contributed by atoms with van der Waals surface area (Å²) in [5.74, 6) is 0.0705. The molecule has 0 radical (unpaired) electrons. The first-order valence-electron chi connectivity index (χ1n) is 8.69. The normalized spacial score (nSPS) is 16.2. The zero-order valence-electron chi connectivity index (χ0n) is 14.5. The van der Waals surface area contributed by atoms with Crippen molar-refractivity contribution in [2.75, 3.05) is 0 Å². The Balaban J connectivity index is 1.78. The van der Waals surface area contributed by atoms with Crippen molar-refractivity contribution in [1.82, 2.24) is 10.6 Å². The lowest BCUT2D eigenvalue weighted by atomic mass is 9.97. The van der Waals surface area contributed by atoms with E-state index in [1.807, 2.05) is 37.3 Å². The monoisotopic (exact) mass is 360 g/mol. The highest BCUT2D eigenvalue weighted by Gasteiger charge is 2.27. The number of benzene rings is 2. The van der Waals surface area contributed by atoms with E-state index >= 15 is 0 Å². The van der Waals surface area contributed by atoms with Gasteiger partial charge in [-0.3, -0.25) is 10.1 Å². The number of rotatable bonds is 8. The third-order valence-corrected chi connectivity index (χ3v) is 4.31. The van der Waals surface area contributed by atoms with E-state index < -0.39 is 12.7 Å². The summed E-state index contributed by atoms with van der Waals surface area (Å²) in [5, 5.41) is 6.33. The number of halogens is 2. The van der Waals surface area contributed by atoms with E-state index in [9.17, 15) is 13.6 Å². The lowest BCUT2D eigenvalue weighted by molar-refractivity contribution is -0.123. The van der Waals surface area contributed by atoms with Crippen LogP contribution in [0.5, 0.6) is 5.75 Å². The number of hydrogen-bond donors (Lipinski definition) is 2. The molecule has 0 saturated heterocycles. The van der Waals surface area contributed by atoms with Gasteiger partial charge in [0.05, 0.1) is 12.1 Å². The molecule has 0 unspecified atom stereocenters. The van der Waals surface area contributed by atoms with Gasteiger partial charge in [0.1, 0.15) is 5.75 Å². The van der Waals surface area contributed by atoms with Crippen molar-refractivity contribution in [3.63, 3.8) is 0 Å². The molecule has 0 aromatic heterocycles. The van der Waals surface area contributed by atoms with Gasteiger partial charge in [0, 0.05) is 6.04 Å². The van der Waals surface area contributed by atoms with Gasteiger partial charge in [-0.15, -0.1) is 0 Å². The third-order valence-electron chi connectivity index (χ3n) is 4.31. The molecule has 1 saturated carbocycles. The van der Waals surface area contributed by atoms with Gasteiger partial charge < -0.3 is 10.1 Å². The molecule has 0 bridgehead atoms. The molecule has 4 nitrogen and oxygen atoms in total. The van der Waals surface area contributed by atoms with Crippen LogP contribution in [0.1, 0.15) is 36.9 Å². The lowest BCUT2D eigenvalue weighted by Crippen LogP contribution is -2.44. The van der Waals surface area contributed by atoms with Gasteiger partial charge in [0.2, 0.25) is 5.91 Å². The molecule has 0 spiro atoms. The maximum Gasteiger partial charge on any atom is 0.387 e. The summed E-state index contributed by atoms with van der Waals surface area (Å²) in [5.41, 5.74) is 1.85. The summed E-state index contributed by atoms with van der Waals surface area (Å²) in [6.45, 7) is -1.03. The van der Waals surface area contributed by atoms with Crippen molar-refractivity contribution in [2.45, 2.75) is 44.5 Å². The topological polar surface area (TPSA) is 50.4 Å². The predicted molar refractivity (Wildman–Crippen MR) is 95.1 cm³/mol. The molecule has 2 aromatic rings. The van der Waals surface area contributed by atoms with Crippen molar-refractivity contribution in [3.05, 3.63) is 65.7 Å². The van der Waals surface area contributed by atoms with Crippen LogP contribution in [0.25, 0.3) is 0 Å². The molecule has 2 aromatic carbocycles. The summed E-state index contributed by atoms with van der Waals surface area (Å²) >= 11 is 0. The minimum atomic E-state index is -2.85. The van der Waals surface area contributed by atoms with E-state index in [-0.39, 0.29) is 17.7 Å². The molecular formula is C20H22F2N2O2. The summed E-state index contributed by atoms with van der Waals surface area (Å²) in [7, 11) is 0. The number of amides is 1. The largest absolute Gasteiger partial charge is 0.435 e. The number of hydrogen-bond acceptors (Lipinski definition) is 3. The highest BCUT2D eigenvalue weighted by molar-refractivity contribution is 5.82. The smallest absolute Gasteiger partial charge is 0.387 e. The van der Waals surface area contributed by atoms with Gasteiger partial charge in [-0.25, -0.2) is 0 Å². The fourth-order valence-corrected chi connectivity index (χ4v) is 2.75. The van der Waals surface area contributed by atoms with Crippen LogP contribution >= 0.6 is 0 Å². The summed E-state index contributed by atoms with van der Waals surface area (Å²) in [4.78, 5) is 12.3. The Morgan fingerprint density at radius 2 is 1.65 bits per heavy atom. The Hall–Kier alpha value is -2.47. The maximum atomic E-state index is 12.3. The highest BCUT2D eigenvalue weighted by Crippen LogP contribution is 2.25. The van der Waals surface area contributed by atoms with Crippen molar-refractivity contribution >= 4 is 5.91 Å². The van der Waals surface area contributed by atoms with Crippen molar-refractivity contribution in [1.29, 1.82) is 0 Å². The number of carbonyl (C=O) groups is 1. The number of ether oxygens (including phenoxy) is 1. The number of carbonyl (C=O) groups excluding carboxylic acids is 1. The fraction of sp³-hybridized carbons (Fsp3) is 0.350. The van der Waals surface area contributed by atoms with Gasteiger partial charge in [-0.2, -0.15) is 8.78 Å². The molecule has 1 aliphatic rings. The fourth-order valence-electron chi connectivity index (χ4n) is 2.75. The summed E-state index contributed by atoms with van der Waals surface area (Å²) in [6.07, 6.45) is 2.07. The molecule has 1 aliphatic carbocycles. The van der Waals surface area contributed by atoms with E-state index in [0.29, 0.717) is 6.04 Å². The van der Waals surface area contributed by atoms with Crippen LogP contribution in [-0.2, 0) is 4.79 Å². The van der Waals surface area contributed by atoms with Gasteiger partial charge in [-0.1, -0.05) is 42.5 Å². The molecule has 6 heteroatoms. The Morgan fingerprint density at radius 1 is 1.04 bits per heavy atom. The van der Waals surface area contributed by atoms with Crippen LogP contribution in [-0.4, -0.2) is 24.6 Å². The van der Waals surface area contributed by atoms with Crippen molar-refractivity contribution in [2.24, 2.45) is 0 Å². The van der Waals surface area contributed by atoms with Gasteiger partial charge >= 0.3 is 6.61 Å². The zero-order chi connectivity index (χ0) is 18.5. The van der Waals surface area contributed by atoms with E-state index in [0.717, 1.165) is 24.0 Å². The van der Waals surface area contributed by atoms with Crippen LogP contribution in [0.4, 0.5) is 8.78 Å². The third kappa shape index (κ3) is 5.02. The average Bonchev–Trinajstić information content (AvgIpc) is 3.44. The second-order valence-electron chi connectivity index (χ2n) is 6.46. The maximum absolute atomic E-state index is 12.3. The Labute approximate surface area is 151 Å². The van der Waals surface area contributed by atoms with E-state index in [1.54, 1.807) is 12.1 Å². The number of alkyl halides is 2. The van der Waals surface area contributed by atoms with Crippen LogP contribution in [0.2, 0.25) is 0 Å². The lowest BCUT2D eigenvalue weighted by Gasteiger charge is -2.24. The first-order chi connectivity index (χ1) is 12.5. The molecule has 2 atom stereocenters. The summed E-state index contributed by atoms with van der Waals surface area (Å²) in [6, 6.07) is 15.8. The Kier molecular flexibility index (Phi) is 5.83. The molecule has 0 aliphatic heterocycles. The Bertz CT molecular complexity index is 718. The first-order valence-corrected chi connectivity index (χ1v) is 8.69. The number of nitrogens with one attached hydrogen (secondary N) is 2. The van der Waals surface area contributed by atoms with Crippen LogP contribution in [0.15, 0.2) is 54.6 Å². The molecular weight excluding hydrogens is 338 g/mol. The van der Waals surface area contributed by atoms with Crippen molar-refractivity contribution < 1.29 is 18.3 Å². The second-order valence-corrected chi connectivity index (χ2v) is 6.46. The molecule has 2 N–H and O–H groups in total. The Morgan fingerprint density at radius 3 is 2.23 bits per heavy atom. The van der Waals surface area contributed by atoms with E-state index in [4.69, 9.17) is 0 Å². The SMILES string of the molecule is C[C@@H](N[C@@H](c1ccccc1)c1ccc(OC(F)F)cc1)C(=O)NC1CC1.